The minimum absolute atomic E-state index is 0.262. The van der Waals surface area contributed by atoms with Crippen LogP contribution in [0.1, 0.15) is 0 Å². The largest absolute Gasteiger partial charge is 0.399 e. The van der Waals surface area contributed by atoms with E-state index in [0.29, 0.717) is 5.70 Å². The number of rotatable bonds is 1. The zero-order chi connectivity index (χ0) is 9.97. The Hall–Kier alpha value is -1.74. The summed E-state index contributed by atoms with van der Waals surface area (Å²) in [6.07, 6.45) is 5.38. The summed E-state index contributed by atoms with van der Waals surface area (Å²) in [6.45, 7) is 0. The Balaban J connectivity index is 2.29. The topological polar surface area (TPSA) is 55.3 Å². The second kappa shape index (κ2) is 3.55. The molecule has 14 heavy (non-hydrogen) atoms. The van der Waals surface area contributed by atoms with E-state index in [0.717, 1.165) is 5.69 Å². The summed E-state index contributed by atoms with van der Waals surface area (Å²) in [7, 11) is 0. The summed E-state index contributed by atoms with van der Waals surface area (Å²) < 4.78 is 0. The van der Waals surface area contributed by atoms with E-state index in [4.69, 9.17) is 11.5 Å². The van der Waals surface area contributed by atoms with E-state index >= 15 is 0 Å². The van der Waals surface area contributed by atoms with Crippen LogP contribution < -0.4 is 16.4 Å². The van der Waals surface area contributed by atoms with Gasteiger partial charge in [-0.1, -0.05) is 18.2 Å². The lowest BCUT2D eigenvalue weighted by Crippen LogP contribution is -2.44. The van der Waals surface area contributed by atoms with Crippen molar-refractivity contribution < 1.29 is 0 Å². The second-order valence-corrected chi connectivity index (χ2v) is 3.20. The fourth-order valence-electron chi connectivity index (χ4n) is 1.45. The van der Waals surface area contributed by atoms with Gasteiger partial charge in [-0.25, -0.2) is 0 Å². The zero-order valence-electron chi connectivity index (χ0n) is 7.80. The van der Waals surface area contributed by atoms with Gasteiger partial charge in [-0.3, -0.25) is 0 Å². The maximum atomic E-state index is 5.94. The van der Waals surface area contributed by atoms with Crippen LogP contribution in [-0.2, 0) is 0 Å². The highest BCUT2D eigenvalue weighted by Gasteiger charge is 2.16. The first-order chi connectivity index (χ1) is 6.79. The van der Waals surface area contributed by atoms with Gasteiger partial charge < -0.3 is 16.4 Å². The third kappa shape index (κ3) is 1.49. The molecule has 3 heteroatoms. The minimum atomic E-state index is -0.262. The molecule has 0 saturated heterocycles. The van der Waals surface area contributed by atoms with Crippen molar-refractivity contribution in [3.05, 3.63) is 54.4 Å². The maximum absolute atomic E-state index is 5.94. The molecule has 1 unspecified atom stereocenters. The predicted octanol–water partition coefficient (Wildman–Crippen LogP) is 1.15. The first-order valence-corrected chi connectivity index (χ1v) is 4.52. The summed E-state index contributed by atoms with van der Waals surface area (Å²) in [4.78, 5) is 1.94. The van der Waals surface area contributed by atoms with Crippen molar-refractivity contribution in [2.24, 2.45) is 11.5 Å². The van der Waals surface area contributed by atoms with Crippen molar-refractivity contribution in [2.75, 3.05) is 4.90 Å². The van der Waals surface area contributed by atoms with Crippen LogP contribution in [0.15, 0.2) is 54.4 Å². The fraction of sp³-hybridized carbons (Fsp3) is 0.0909. The lowest BCUT2D eigenvalue weighted by atomic mass is 10.2. The normalized spacial score (nSPS) is 20.8. The van der Waals surface area contributed by atoms with Gasteiger partial charge in [-0.05, 0) is 24.3 Å². The summed E-state index contributed by atoms with van der Waals surface area (Å²) in [6, 6.07) is 9.93. The van der Waals surface area contributed by atoms with Gasteiger partial charge in [0.25, 0.3) is 0 Å². The first-order valence-electron chi connectivity index (χ1n) is 4.52. The van der Waals surface area contributed by atoms with Gasteiger partial charge in [0.2, 0.25) is 0 Å². The predicted molar refractivity (Wildman–Crippen MR) is 58.3 cm³/mol. The number of hydrogen-bond acceptors (Lipinski definition) is 3. The molecule has 1 aromatic carbocycles. The summed E-state index contributed by atoms with van der Waals surface area (Å²) in [5.74, 6) is 0. The van der Waals surface area contributed by atoms with Gasteiger partial charge in [0.1, 0.15) is 6.17 Å². The number of allylic oxidation sites excluding steroid dienone is 2. The van der Waals surface area contributed by atoms with Gasteiger partial charge in [0.15, 0.2) is 0 Å². The third-order valence-electron chi connectivity index (χ3n) is 2.23. The summed E-state index contributed by atoms with van der Waals surface area (Å²) in [5.41, 5.74) is 13.4. The van der Waals surface area contributed by atoms with Crippen LogP contribution in [0.2, 0.25) is 0 Å². The Morgan fingerprint density at radius 1 is 1.14 bits per heavy atom. The maximum Gasteiger partial charge on any atom is 0.122 e. The summed E-state index contributed by atoms with van der Waals surface area (Å²) in [5, 5.41) is 0. The highest BCUT2D eigenvalue weighted by Crippen LogP contribution is 2.19. The van der Waals surface area contributed by atoms with Crippen molar-refractivity contribution in [1.29, 1.82) is 0 Å². The van der Waals surface area contributed by atoms with E-state index in [1.807, 2.05) is 53.6 Å². The van der Waals surface area contributed by atoms with Crippen LogP contribution in [0, 0.1) is 0 Å². The lowest BCUT2D eigenvalue weighted by Gasteiger charge is -2.29. The SMILES string of the molecule is NC1=CC=CN(c2ccccc2)C1N. The number of para-hydroxylation sites is 1. The molecule has 2 rings (SSSR count). The van der Waals surface area contributed by atoms with Crippen molar-refractivity contribution in [3.63, 3.8) is 0 Å². The van der Waals surface area contributed by atoms with Crippen LogP contribution in [0.4, 0.5) is 5.69 Å². The smallest absolute Gasteiger partial charge is 0.122 e. The molecule has 0 aliphatic carbocycles. The van der Waals surface area contributed by atoms with E-state index in [-0.39, 0.29) is 6.17 Å². The molecule has 0 aromatic heterocycles. The van der Waals surface area contributed by atoms with E-state index in [1.54, 1.807) is 0 Å². The quantitative estimate of drug-likeness (QED) is 0.693. The molecule has 1 aromatic rings. The van der Waals surface area contributed by atoms with Crippen LogP contribution >= 0.6 is 0 Å². The first kappa shape index (κ1) is 8.84. The number of benzene rings is 1. The van der Waals surface area contributed by atoms with Crippen molar-refractivity contribution >= 4 is 5.69 Å². The van der Waals surface area contributed by atoms with E-state index in [9.17, 15) is 0 Å². The van der Waals surface area contributed by atoms with E-state index in [2.05, 4.69) is 0 Å². The third-order valence-corrected chi connectivity index (χ3v) is 2.23. The monoisotopic (exact) mass is 187 g/mol. The van der Waals surface area contributed by atoms with Gasteiger partial charge in [-0.15, -0.1) is 0 Å². The van der Waals surface area contributed by atoms with Gasteiger partial charge in [0, 0.05) is 17.6 Å². The Labute approximate surface area is 83.3 Å². The second-order valence-electron chi connectivity index (χ2n) is 3.20. The van der Waals surface area contributed by atoms with Gasteiger partial charge in [0.05, 0.1) is 0 Å². The highest BCUT2D eigenvalue weighted by atomic mass is 15.2. The molecule has 0 saturated carbocycles. The Morgan fingerprint density at radius 3 is 2.57 bits per heavy atom. The molecule has 3 nitrogen and oxygen atoms in total. The number of nitrogens with two attached hydrogens (primary N) is 2. The molecule has 0 bridgehead atoms. The number of hydrogen-bond donors (Lipinski definition) is 2. The Morgan fingerprint density at radius 2 is 1.86 bits per heavy atom. The molecular weight excluding hydrogens is 174 g/mol. The van der Waals surface area contributed by atoms with Crippen LogP contribution in [-0.4, -0.2) is 6.17 Å². The van der Waals surface area contributed by atoms with E-state index < -0.39 is 0 Å². The summed E-state index contributed by atoms with van der Waals surface area (Å²) >= 11 is 0. The highest BCUT2D eigenvalue weighted by molar-refractivity contribution is 5.53. The molecule has 0 fully saturated rings. The molecule has 0 amide bonds. The molecular formula is C11H13N3. The molecule has 0 spiro atoms. The molecule has 1 heterocycles. The number of nitrogens with zero attached hydrogens (tertiary/aromatic N) is 1. The van der Waals surface area contributed by atoms with Gasteiger partial charge >= 0.3 is 0 Å². The Kier molecular flexibility index (Phi) is 2.24. The van der Waals surface area contributed by atoms with Crippen LogP contribution in [0.3, 0.4) is 0 Å². The molecule has 0 radical (unpaired) electrons. The lowest BCUT2D eigenvalue weighted by molar-refractivity contribution is 0.753. The Bertz CT molecular complexity index is 367. The zero-order valence-corrected chi connectivity index (χ0v) is 7.80. The average Bonchev–Trinajstić information content (AvgIpc) is 2.23. The molecule has 1 aliphatic rings. The van der Waals surface area contributed by atoms with Crippen LogP contribution in [0.25, 0.3) is 0 Å². The molecule has 1 atom stereocenters. The molecule has 1 aliphatic heterocycles. The number of anilines is 1. The van der Waals surface area contributed by atoms with Crippen molar-refractivity contribution in [2.45, 2.75) is 6.17 Å². The average molecular weight is 187 g/mol. The fourth-order valence-corrected chi connectivity index (χ4v) is 1.45. The van der Waals surface area contributed by atoms with E-state index in [1.165, 1.54) is 0 Å². The van der Waals surface area contributed by atoms with Gasteiger partial charge in [-0.2, -0.15) is 0 Å². The van der Waals surface area contributed by atoms with Crippen molar-refractivity contribution in [1.82, 2.24) is 0 Å². The molecule has 4 N–H and O–H groups in total. The molecule has 72 valence electrons. The van der Waals surface area contributed by atoms with Crippen LogP contribution in [0.5, 0.6) is 0 Å². The standard InChI is InChI=1S/C11H13N3/c12-10-7-4-8-14(11(10)13)9-5-2-1-3-6-9/h1-8,11H,12-13H2. The minimum Gasteiger partial charge on any atom is -0.399 e. The van der Waals surface area contributed by atoms with Crippen molar-refractivity contribution in [3.8, 4) is 0 Å².